The molecule has 21 heavy (non-hydrogen) atoms. The second-order valence-corrected chi connectivity index (χ2v) is 7.33. The van der Waals surface area contributed by atoms with Gasteiger partial charge in [0.1, 0.15) is 0 Å². The molecule has 8 heteroatoms. The fourth-order valence-corrected chi connectivity index (χ4v) is 4.54. The zero-order valence-corrected chi connectivity index (χ0v) is 15.9. The maximum absolute atomic E-state index is 12.2. The van der Waals surface area contributed by atoms with E-state index in [0.29, 0.717) is 25.4 Å². The van der Waals surface area contributed by atoms with E-state index < -0.39 is 0 Å². The van der Waals surface area contributed by atoms with Crippen LogP contribution < -0.4 is 5.32 Å². The van der Waals surface area contributed by atoms with Gasteiger partial charge in [-0.25, -0.2) is 0 Å². The lowest BCUT2D eigenvalue weighted by Gasteiger charge is -2.31. The number of carbonyl (C=O) groups excluding carboxylic acids is 1. The topological polar surface area (TPSA) is 61.8 Å². The van der Waals surface area contributed by atoms with E-state index in [9.17, 15) is 4.79 Å². The molecule has 5 nitrogen and oxygen atoms in total. The number of morpholine rings is 1. The maximum atomic E-state index is 12.2. The molecule has 2 rings (SSSR count). The van der Waals surface area contributed by atoms with Crippen LogP contribution in [0.2, 0.25) is 0 Å². The van der Waals surface area contributed by atoms with Crippen LogP contribution in [0.1, 0.15) is 0 Å². The molecule has 1 fully saturated rings. The first kappa shape index (κ1) is 17.4. The molecular weight excluding hydrogens is 472 g/mol. The van der Waals surface area contributed by atoms with E-state index in [1.165, 1.54) is 0 Å². The molecule has 1 aromatic carbocycles. The lowest BCUT2D eigenvalue weighted by atomic mass is 10.2. The first-order chi connectivity index (χ1) is 9.99. The number of ether oxygens (including phenoxy) is 1. The summed E-state index contributed by atoms with van der Waals surface area (Å²) in [7, 11) is 0. The Morgan fingerprint density at radius 2 is 2.05 bits per heavy atom. The summed E-state index contributed by atoms with van der Waals surface area (Å²) in [6.07, 6.45) is -0.210. The fourth-order valence-electron chi connectivity index (χ4n) is 2.08. The Hall–Kier alpha value is 0.0100. The van der Waals surface area contributed by atoms with Crippen LogP contribution >= 0.6 is 47.8 Å². The lowest BCUT2D eigenvalue weighted by Crippen LogP contribution is -2.46. The predicted molar refractivity (Wildman–Crippen MR) is 91.4 cm³/mol. The number of nitrogens with zero attached hydrogens (tertiary/aromatic N) is 1. The number of rotatable bonds is 4. The Morgan fingerprint density at radius 3 is 2.67 bits per heavy atom. The average molecular weight is 487 g/mol. The molecule has 2 N–H and O–H groups in total. The number of nitrogens with one attached hydrogen (secondary N) is 1. The summed E-state index contributed by atoms with van der Waals surface area (Å²) in [5.74, 6) is -0.0997. The third kappa shape index (κ3) is 5.01. The number of amides is 1. The van der Waals surface area contributed by atoms with Crippen LogP contribution in [0, 0.1) is 0 Å². The molecule has 1 unspecified atom stereocenters. The van der Waals surface area contributed by atoms with E-state index in [2.05, 4.69) is 53.1 Å². The molecule has 0 bridgehead atoms. The highest BCUT2D eigenvalue weighted by Gasteiger charge is 2.22. The van der Waals surface area contributed by atoms with Crippen molar-refractivity contribution in [3.8, 4) is 0 Å². The van der Waals surface area contributed by atoms with Crippen molar-refractivity contribution >= 4 is 59.4 Å². The molecule has 1 aliphatic rings. The van der Waals surface area contributed by atoms with Gasteiger partial charge in [0, 0.05) is 26.5 Å². The van der Waals surface area contributed by atoms with Gasteiger partial charge < -0.3 is 15.2 Å². The van der Waals surface area contributed by atoms with Crippen LogP contribution in [-0.4, -0.2) is 54.9 Å². The van der Waals surface area contributed by atoms with Gasteiger partial charge in [0.25, 0.3) is 0 Å². The van der Waals surface area contributed by atoms with Gasteiger partial charge in [-0.2, -0.15) is 0 Å². The summed E-state index contributed by atoms with van der Waals surface area (Å²) in [4.78, 5) is 14.1. The number of halogens is 3. The number of aliphatic hydroxyl groups excluding tert-OH is 1. The summed E-state index contributed by atoms with van der Waals surface area (Å²) in [6.45, 7) is 2.03. The van der Waals surface area contributed by atoms with Gasteiger partial charge in [-0.05, 0) is 44.0 Å². The molecule has 0 radical (unpaired) electrons. The molecule has 1 saturated heterocycles. The highest BCUT2D eigenvalue weighted by molar-refractivity contribution is 9.11. The van der Waals surface area contributed by atoms with Crippen molar-refractivity contribution in [1.82, 2.24) is 4.90 Å². The molecule has 1 heterocycles. The summed E-state index contributed by atoms with van der Waals surface area (Å²) in [5, 5.41) is 12.0. The van der Waals surface area contributed by atoms with E-state index in [1.54, 1.807) is 0 Å². The molecular formula is C13H15Br3N2O3. The molecule has 1 atom stereocenters. The third-order valence-electron chi connectivity index (χ3n) is 3.07. The Bertz CT molecular complexity index is 504. The van der Waals surface area contributed by atoms with Crippen LogP contribution in [0.4, 0.5) is 5.69 Å². The van der Waals surface area contributed by atoms with E-state index in [0.717, 1.165) is 13.4 Å². The van der Waals surface area contributed by atoms with Gasteiger partial charge in [0.05, 0.1) is 31.5 Å². The molecule has 116 valence electrons. The Labute approximate surface area is 148 Å². The second-order valence-electron chi connectivity index (χ2n) is 4.70. The van der Waals surface area contributed by atoms with Crippen molar-refractivity contribution in [3.05, 3.63) is 25.6 Å². The number of hydrogen-bond acceptors (Lipinski definition) is 4. The van der Waals surface area contributed by atoms with E-state index >= 15 is 0 Å². The normalized spacial score (nSPS) is 19.5. The van der Waals surface area contributed by atoms with Gasteiger partial charge in [0.15, 0.2) is 0 Å². The minimum absolute atomic E-state index is 0.0259. The van der Waals surface area contributed by atoms with Crippen molar-refractivity contribution in [1.29, 1.82) is 0 Å². The standard InChI is InChI=1S/C13H15Br3N2O3/c14-8-3-10(15)13(11(16)4-8)17-12(20)6-18-1-2-21-9(5-18)7-19/h3-4,9,19H,1-2,5-7H2,(H,17,20). The lowest BCUT2D eigenvalue weighted by molar-refractivity contribution is -0.120. The van der Waals surface area contributed by atoms with Gasteiger partial charge in [-0.1, -0.05) is 15.9 Å². The summed E-state index contributed by atoms with van der Waals surface area (Å²) < 4.78 is 7.88. The van der Waals surface area contributed by atoms with Crippen molar-refractivity contribution in [2.75, 3.05) is 38.2 Å². The van der Waals surface area contributed by atoms with Crippen LogP contribution in [0.3, 0.4) is 0 Å². The molecule has 0 spiro atoms. The van der Waals surface area contributed by atoms with Gasteiger partial charge in [-0.15, -0.1) is 0 Å². The molecule has 0 aliphatic carbocycles. The van der Waals surface area contributed by atoms with Gasteiger partial charge in [0.2, 0.25) is 5.91 Å². The molecule has 1 aliphatic heterocycles. The summed E-state index contributed by atoms with van der Waals surface area (Å²) >= 11 is 10.3. The summed E-state index contributed by atoms with van der Waals surface area (Å²) in [5.41, 5.74) is 0.704. The molecule has 0 aromatic heterocycles. The minimum atomic E-state index is -0.210. The third-order valence-corrected chi connectivity index (χ3v) is 4.77. The Kier molecular flexibility index (Phi) is 6.64. The van der Waals surface area contributed by atoms with Crippen LogP contribution in [0.15, 0.2) is 25.6 Å². The average Bonchev–Trinajstić information content (AvgIpc) is 2.43. The zero-order chi connectivity index (χ0) is 15.4. The molecule has 1 amide bonds. The zero-order valence-electron chi connectivity index (χ0n) is 11.1. The van der Waals surface area contributed by atoms with Crippen molar-refractivity contribution in [2.24, 2.45) is 0 Å². The van der Waals surface area contributed by atoms with Crippen molar-refractivity contribution in [3.63, 3.8) is 0 Å². The Morgan fingerprint density at radius 1 is 1.38 bits per heavy atom. The van der Waals surface area contributed by atoms with E-state index in [1.807, 2.05) is 17.0 Å². The number of carbonyl (C=O) groups is 1. The monoisotopic (exact) mass is 484 g/mol. The van der Waals surface area contributed by atoms with Crippen LogP contribution in [0.5, 0.6) is 0 Å². The predicted octanol–water partition coefficient (Wildman–Crippen LogP) is 2.61. The highest BCUT2D eigenvalue weighted by atomic mass is 79.9. The minimum Gasteiger partial charge on any atom is -0.394 e. The number of aliphatic hydroxyl groups is 1. The maximum Gasteiger partial charge on any atom is 0.238 e. The van der Waals surface area contributed by atoms with Crippen LogP contribution in [0.25, 0.3) is 0 Å². The first-order valence-corrected chi connectivity index (χ1v) is 8.76. The van der Waals surface area contributed by atoms with Gasteiger partial charge in [-0.3, -0.25) is 9.69 Å². The number of benzene rings is 1. The van der Waals surface area contributed by atoms with E-state index in [4.69, 9.17) is 9.84 Å². The fraction of sp³-hybridized carbons (Fsp3) is 0.462. The van der Waals surface area contributed by atoms with Crippen molar-refractivity contribution < 1.29 is 14.6 Å². The smallest absolute Gasteiger partial charge is 0.238 e. The quantitative estimate of drug-likeness (QED) is 0.687. The molecule has 1 aromatic rings. The molecule has 0 saturated carbocycles. The number of hydrogen-bond donors (Lipinski definition) is 2. The second kappa shape index (κ2) is 8.03. The first-order valence-electron chi connectivity index (χ1n) is 6.39. The largest absolute Gasteiger partial charge is 0.394 e. The van der Waals surface area contributed by atoms with Crippen molar-refractivity contribution in [2.45, 2.75) is 6.10 Å². The summed E-state index contributed by atoms with van der Waals surface area (Å²) in [6, 6.07) is 3.74. The van der Waals surface area contributed by atoms with Gasteiger partial charge >= 0.3 is 0 Å². The Balaban J connectivity index is 1.96. The SMILES string of the molecule is O=C(CN1CCOC(CO)C1)Nc1c(Br)cc(Br)cc1Br. The number of anilines is 1. The van der Waals surface area contributed by atoms with E-state index in [-0.39, 0.29) is 25.2 Å². The highest BCUT2D eigenvalue weighted by Crippen LogP contribution is 2.34. The van der Waals surface area contributed by atoms with Crippen LogP contribution in [-0.2, 0) is 9.53 Å².